The summed E-state index contributed by atoms with van der Waals surface area (Å²) < 4.78 is 8.91. The molecule has 0 spiro atoms. The molecule has 9 nitrogen and oxygen atoms in total. The van der Waals surface area contributed by atoms with Gasteiger partial charge in [-0.2, -0.15) is 5.10 Å². The Morgan fingerprint density at radius 2 is 2.29 bits per heavy atom. The second-order valence-electron chi connectivity index (χ2n) is 5.85. The molecule has 1 aliphatic heterocycles. The maximum atomic E-state index is 12.6. The predicted molar refractivity (Wildman–Crippen MR) is 82.0 cm³/mol. The average Bonchev–Trinajstić information content (AvgIpc) is 3.30. The molecule has 0 saturated carbocycles. The van der Waals surface area contributed by atoms with Gasteiger partial charge < -0.3 is 14.0 Å². The minimum atomic E-state index is -0.133. The highest BCUT2D eigenvalue weighted by Gasteiger charge is 2.32. The van der Waals surface area contributed by atoms with Crippen molar-refractivity contribution in [2.75, 3.05) is 6.54 Å². The molecule has 1 amide bonds. The Balaban J connectivity index is 1.58. The summed E-state index contributed by atoms with van der Waals surface area (Å²) in [5.41, 5.74) is 1.38. The number of fused-ring (bicyclic) bond motifs is 1. The maximum Gasteiger partial charge on any atom is 0.276 e. The molecule has 0 saturated heterocycles. The maximum absolute atomic E-state index is 12.6. The van der Waals surface area contributed by atoms with Crippen molar-refractivity contribution in [1.29, 1.82) is 0 Å². The number of carbonyl (C=O) groups is 1. The Kier molecular flexibility index (Phi) is 3.40. The van der Waals surface area contributed by atoms with Gasteiger partial charge in [0.25, 0.3) is 5.91 Å². The zero-order valence-corrected chi connectivity index (χ0v) is 13.5. The first-order valence-corrected chi connectivity index (χ1v) is 7.74. The molecule has 0 fully saturated rings. The lowest BCUT2D eigenvalue weighted by atomic mass is 10.2. The smallest absolute Gasteiger partial charge is 0.276 e. The van der Waals surface area contributed by atoms with Gasteiger partial charge in [0, 0.05) is 19.2 Å². The lowest BCUT2D eigenvalue weighted by Crippen LogP contribution is -2.41. The average molecular weight is 327 g/mol. The second kappa shape index (κ2) is 5.59. The highest BCUT2D eigenvalue weighted by Crippen LogP contribution is 2.27. The van der Waals surface area contributed by atoms with Crippen LogP contribution < -0.4 is 0 Å². The van der Waals surface area contributed by atoms with Gasteiger partial charge in [-0.05, 0) is 13.8 Å². The number of hydrogen-bond acceptors (Lipinski definition) is 6. The zero-order valence-electron chi connectivity index (χ0n) is 13.5. The number of imidazole rings is 1. The molecule has 4 rings (SSSR count). The van der Waals surface area contributed by atoms with Gasteiger partial charge >= 0.3 is 0 Å². The fourth-order valence-electron chi connectivity index (χ4n) is 3.06. The van der Waals surface area contributed by atoms with Crippen LogP contribution in [-0.4, -0.2) is 46.8 Å². The third-order valence-corrected chi connectivity index (χ3v) is 4.27. The molecule has 0 radical (unpaired) electrons. The summed E-state index contributed by atoms with van der Waals surface area (Å²) in [6, 6.07) is 1.53. The Hall–Kier alpha value is -2.97. The number of carbonyl (C=O) groups excluding carboxylic acids is 1. The molecular formula is C15H17N7O2. The summed E-state index contributed by atoms with van der Waals surface area (Å²) in [7, 11) is 0. The van der Waals surface area contributed by atoms with Crippen molar-refractivity contribution in [2.24, 2.45) is 0 Å². The second-order valence-corrected chi connectivity index (χ2v) is 5.85. The van der Waals surface area contributed by atoms with E-state index < -0.39 is 0 Å². The number of aryl methyl sites for hydroxylation is 1. The van der Waals surface area contributed by atoms with E-state index in [4.69, 9.17) is 4.52 Å². The van der Waals surface area contributed by atoms with Gasteiger partial charge in [-0.15, -0.1) is 0 Å². The lowest BCUT2D eigenvalue weighted by Gasteiger charge is -2.33. The van der Waals surface area contributed by atoms with E-state index in [1.807, 2.05) is 13.1 Å². The van der Waals surface area contributed by atoms with Crippen LogP contribution in [0.4, 0.5) is 0 Å². The molecule has 3 aromatic heterocycles. The number of amides is 1. The zero-order chi connectivity index (χ0) is 16.7. The van der Waals surface area contributed by atoms with Crippen LogP contribution in [0.2, 0.25) is 0 Å². The minimum absolute atomic E-state index is 0.132. The summed E-state index contributed by atoms with van der Waals surface area (Å²) >= 11 is 0. The first-order valence-electron chi connectivity index (χ1n) is 7.74. The van der Waals surface area contributed by atoms with Crippen molar-refractivity contribution in [3.8, 4) is 0 Å². The van der Waals surface area contributed by atoms with Crippen LogP contribution in [-0.2, 0) is 13.1 Å². The third-order valence-electron chi connectivity index (χ3n) is 4.27. The fourth-order valence-corrected chi connectivity index (χ4v) is 3.06. The Bertz CT molecular complexity index is 864. The highest BCUT2D eigenvalue weighted by atomic mass is 16.5. The highest BCUT2D eigenvalue weighted by molar-refractivity contribution is 5.92. The quantitative estimate of drug-likeness (QED) is 0.713. The van der Waals surface area contributed by atoms with Crippen molar-refractivity contribution < 1.29 is 9.32 Å². The molecule has 1 atom stereocenters. The van der Waals surface area contributed by atoms with Crippen LogP contribution in [0.1, 0.15) is 40.7 Å². The normalized spacial score (nSPS) is 17.1. The molecule has 24 heavy (non-hydrogen) atoms. The van der Waals surface area contributed by atoms with Crippen LogP contribution in [0, 0.1) is 6.92 Å². The largest absolute Gasteiger partial charge is 0.361 e. The van der Waals surface area contributed by atoms with E-state index in [0.717, 1.165) is 11.5 Å². The van der Waals surface area contributed by atoms with Crippen molar-refractivity contribution in [1.82, 2.24) is 34.4 Å². The number of rotatable bonds is 3. The van der Waals surface area contributed by atoms with E-state index in [9.17, 15) is 4.79 Å². The Labute approximate surface area is 137 Å². The van der Waals surface area contributed by atoms with Crippen LogP contribution in [0.25, 0.3) is 0 Å². The van der Waals surface area contributed by atoms with E-state index in [-0.39, 0.29) is 11.9 Å². The van der Waals surface area contributed by atoms with Gasteiger partial charge in [0.15, 0.2) is 5.69 Å². The SMILES string of the molecule is Cc1cc(C(=O)N2CCn3c(Cn4cncn4)cnc3C2C)no1. The van der Waals surface area contributed by atoms with Crippen LogP contribution in [0.3, 0.4) is 0 Å². The first-order chi connectivity index (χ1) is 11.6. The van der Waals surface area contributed by atoms with Crippen LogP contribution >= 0.6 is 0 Å². The number of aromatic nitrogens is 6. The molecule has 3 aromatic rings. The topological polar surface area (TPSA) is 94.9 Å². The monoisotopic (exact) mass is 327 g/mol. The van der Waals surface area contributed by atoms with Gasteiger partial charge in [0.1, 0.15) is 24.2 Å². The molecule has 0 bridgehead atoms. The van der Waals surface area contributed by atoms with Crippen molar-refractivity contribution >= 4 is 5.91 Å². The van der Waals surface area contributed by atoms with Crippen molar-refractivity contribution in [3.63, 3.8) is 0 Å². The van der Waals surface area contributed by atoms with Crippen molar-refractivity contribution in [3.05, 3.63) is 47.9 Å². The standard InChI is InChI=1S/C15H17N7O2/c1-10-5-13(19-24-10)15(23)21-3-4-22-12(6-17-14(22)11(21)2)7-20-9-16-8-18-20/h5-6,8-9,11H,3-4,7H2,1-2H3. The van der Waals surface area contributed by atoms with E-state index in [0.29, 0.717) is 31.1 Å². The summed E-state index contributed by atoms with van der Waals surface area (Å²) in [5.74, 6) is 1.36. The molecule has 0 aliphatic carbocycles. The molecule has 9 heteroatoms. The van der Waals surface area contributed by atoms with Gasteiger partial charge in [-0.25, -0.2) is 14.6 Å². The fraction of sp³-hybridized carbons (Fsp3) is 0.400. The third kappa shape index (κ3) is 2.38. The van der Waals surface area contributed by atoms with Crippen molar-refractivity contribution in [2.45, 2.75) is 33.0 Å². The molecule has 4 heterocycles. The lowest BCUT2D eigenvalue weighted by molar-refractivity contribution is 0.0625. The molecule has 1 aliphatic rings. The van der Waals surface area contributed by atoms with Crippen LogP contribution in [0.5, 0.6) is 0 Å². The Morgan fingerprint density at radius 1 is 1.42 bits per heavy atom. The molecule has 0 N–H and O–H groups in total. The van der Waals surface area contributed by atoms with E-state index in [2.05, 4.69) is 24.8 Å². The van der Waals surface area contributed by atoms with Gasteiger partial charge in [-0.1, -0.05) is 5.16 Å². The summed E-state index contributed by atoms with van der Waals surface area (Å²) in [4.78, 5) is 22.9. The summed E-state index contributed by atoms with van der Waals surface area (Å²) in [6.45, 7) is 5.64. The molecule has 124 valence electrons. The number of nitrogens with zero attached hydrogens (tertiary/aromatic N) is 7. The molecule has 0 aromatic carbocycles. The number of hydrogen-bond donors (Lipinski definition) is 0. The first kappa shape index (κ1) is 14.6. The summed E-state index contributed by atoms with van der Waals surface area (Å²) in [5, 5.41) is 7.95. The molecular weight excluding hydrogens is 310 g/mol. The minimum Gasteiger partial charge on any atom is -0.361 e. The van der Waals surface area contributed by atoms with E-state index in [1.54, 1.807) is 28.9 Å². The van der Waals surface area contributed by atoms with Gasteiger partial charge in [-0.3, -0.25) is 4.79 Å². The van der Waals surface area contributed by atoms with Gasteiger partial charge in [0.2, 0.25) is 0 Å². The van der Waals surface area contributed by atoms with Gasteiger partial charge in [0.05, 0.1) is 24.5 Å². The van der Waals surface area contributed by atoms with E-state index in [1.165, 1.54) is 6.33 Å². The van der Waals surface area contributed by atoms with E-state index >= 15 is 0 Å². The summed E-state index contributed by atoms with van der Waals surface area (Å²) in [6.07, 6.45) is 5.02. The van der Waals surface area contributed by atoms with Crippen LogP contribution in [0.15, 0.2) is 29.4 Å². The Morgan fingerprint density at radius 3 is 3.00 bits per heavy atom. The predicted octanol–water partition coefficient (Wildman–Crippen LogP) is 1.04. The molecule has 1 unspecified atom stereocenters.